The highest BCUT2D eigenvalue weighted by atomic mass is 35.5. The largest absolute Gasteiger partial charge is 0.416 e. The molecular formula is C20H18ClF3N4O3. The molecule has 2 aromatic rings. The van der Waals surface area contributed by atoms with E-state index < -0.39 is 35.7 Å². The van der Waals surface area contributed by atoms with Crippen LogP contribution in [-0.4, -0.2) is 34.1 Å². The number of nitrogens with one attached hydrogen (secondary N) is 1. The highest BCUT2D eigenvalue weighted by Gasteiger charge is 2.33. The van der Waals surface area contributed by atoms with Crippen molar-refractivity contribution in [1.82, 2.24) is 5.01 Å². The van der Waals surface area contributed by atoms with Gasteiger partial charge < -0.3 is 10.4 Å². The molecule has 0 saturated carbocycles. The van der Waals surface area contributed by atoms with Gasteiger partial charge in [0.25, 0.3) is 11.8 Å². The summed E-state index contributed by atoms with van der Waals surface area (Å²) < 4.78 is 38.0. The predicted molar refractivity (Wildman–Crippen MR) is 107 cm³/mol. The minimum absolute atomic E-state index is 0.148. The number of anilines is 1. The molecule has 0 bridgehead atoms. The Bertz CT molecular complexity index is 1030. The SMILES string of the molecule is Cc1c(N[C@@H](C(=O)N(N)C(=O)c2ccc(C(F)(F)F)cc2)[C@H](C)O)ccc(C#N)c1Cl. The van der Waals surface area contributed by atoms with Gasteiger partial charge in [0.05, 0.1) is 22.3 Å². The Morgan fingerprint density at radius 2 is 1.81 bits per heavy atom. The lowest BCUT2D eigenvalue weighted by Gasteiger charge is -2.26. The van der Waals surface area contributed by atoms with Gasteiger partial charge in [0, 0.05) is 11.3 Å². The van der Waals surface area contributed by atoms with Crippen molar-refractivity contribution in [3.8, 4) is 6.07 Å². The van der Waals surface area contributed by atoms with Crippen LogP contribution in [0.5, 0.6) is 0 Å². The number of nitriles is 1. The van der Waals surface area contributed by atoms with Gasteiger partial charge in [0.1, 0.15) is 12.1 Å². The predicted octanol–water partition coefficient (Wildman–Crippen LogP) is 3.24. The van der Waals surface area contributed by atoms with Crippen molar-refractivity contribution in [3.63, 3.8) is 0 Å². The molecule has 0 aliphatic rings. The normalized spacial score (nSPS) is 13.1. The van der Waals surface area contributed by atoms with Crippen LogP contribution in [0.4, 0.5) is 18.9 Å². The average Bonchev–Trinajstić information content (AvgIpc) is 2.72. The Labute approximate surface area is 180 Å². The van der Waals surface area contributed by atoms with Crippen molar-refractivity contribution >= 4 is 29.1 Å². The molecule has 0 unspecified atom stereocenters. The number of benzene rings is 2. The zero-order chi connectivity index (χ0) is 23.5. The fourth-order valence-corrected chi connectivity index (χ4v) is 2.88. The number of nitrogens with zero attached hydrogens (tertiary/aromatic N) is 2. The number of hydrogen-bond acceptors (Lipinski definition) is 6. The molecule has 31 heavy (non-hydrogen) atoms. The van der Waals surface area contributed by atoms with E-state index in [0.29, 0.717) is 23.4 Å². The molecule has 0 heterocycles. The second-order valence-electron chi connectivity index (χ2n) is 6.66. The molecule has 0 aliphatic heterocycles. The van der Waals surface area contributed by atoms with Crippen LogP contribution in [0, 0.1) is 18.3 Å². The second-order valence-corrected chi connectivity index (χ2v) is 7.04. The van der Waals surface area contributed by atoms with E-state index in [1.54, 1.807) is 6.92 Å². The van der Waals surface area contributed by atoms with E-state index in [4.69, 9.17) is 22.7 Å². The molecule has 11 heteroatoms. The lowest BCUT2D eigenvalue weighted by molar-refractivity contribution is -0.137. The quantitative estimate of drug-likeness (QED) is 0.362. The third-order valence-corrected chi connectivity index (χ3v) is 4.97. The standard InChI is InChI=1S/C20H18ClF3N4O3/c1-10-15(8-5-13(9-25)16(10)21)27-17(11(2)29)19(31)28(26)18(30)12-3-6-14(7-4-12)20(22,23)24/h3-8,11,17,27,29H,26H2,1-2H3/t11-,17+/m0/s1. The van der Waals surface area contributed by atoms with Gasteiger partial charge in [-0.1, -0.05) is 11.6 Å². The zero-order valence-corrected chi connectivity index (χ0v) is 17.1. The number of aliphatic hydroxyl groups is 1. The number of hydrazine groups is 1. The van der Waals surface area contributed by atoms with Crippen LogP contribution in [0.15, 0.2) is 36.4 Å². The number of hydrogen-bond donors (Lipinski definition) is 3. The van der Waals surface area contributed by atoms with E-state index in [1.165, 1.54) is 19.1 Å². The Hall–Kier alpha value is -3.13. The Morgan fingerprint density at radius 3 is 2.29 bits per heavy atom. The van der Waals surface area contributed by atoms with Crippen molar-refractivity contribution in [3.05, 3.63) is 63.7 Å². The molecule has 0 spiro atoms. The number of imide groups is 1. The Morgan fingerprint density at radius 1 is 1.23 bits per heavy atom. The van der Waals surface area contributed by atoms with Gasteiger partial charge in [-0.3, -0.25) is 9.59 Å². The van der Waals surface area contributed by atoms with E-state index >= 15 is 0 Å². The summed E-state index contributed by atoms with van der Waals surface area (Å²) in [7, 11) is 0. The topological polar surface area (TPSA) is 119 Å². The second kappa shape index (κ2) is 9.34. The molecule has 2 atom stereocenters. The molecule has 4 N–H and O–H groups in total. The first-order valence-corrected chi connectivity index (χ1v) is 9.20. The van der Waals surface area contributed by atoms with Crippen LogP contribution in [0.3, 0.4) is 0 Å². The zero-order valence-electron chi connectivity index (χ0n) is 16.4. The maximum Gasteiger partial charge on any atom is 0.416 e. The molecule has 7 nitrogen and oxygen atoms in total. The average molecular weight is 455 g/mol. The van der Waals surface area contributed by atoms with Crippen molar-refractivity contribution in [2.75, 3.05) is 5.32 Å². The van der Waals surface area contributed by atoms with E-state index in [1.807, 2.05) is 6.07 Å². The number of amides is 2. The van der Waals surface area contributed by atoms with Crippen LogP contribution < -0.4 is 11.2 Å². The van der Waals surface area contributed by atoms with Crippen molar-refractivity contribution in [2.45, 2.75) is 32.2 Å². The molecule has 2 aromatic carbocycles. The first-order chi connectivity index (χ1) is 14.4. The summed E-state index contributed by atoms with van der Waals surface area (Å²) in [5.41, 5.74) is -0.251. The monoisotopic (exact) mass is 454 g/mol. The fraction of sp³-hybridized carbons (Fsp3) is 0.250. The number of aliphatic hydroxyl groups excluding tert-OH is 1. The van der Waals surface area contributed by atoms with E-state index in [9.17, 15) is 27.9 Å². The third-order valence-electron chi connectivity index (χ3n) is 4.48. The van der Waals surface area contributed by atoms with Crippen molar-refractivity contribution < 1.29 is 27.9 Å². The van der Waals surface area contributed by atoms with Crippen molar-refractivity contribution in [2.24, 2.45) is 5.84 Å². The summed E-state index contributed by atoms with van der Waals surface area (Å²) in [6, 6.07) is 6.59. The Balaban J connectivity index is 2.26. The fourth-order valence-electron chi connectivity index (χ4n) is 2.67. The summed E-state index contributed by atoms with van der Waals surface area (Å²) >= 11 is 6.10. The summed E-state index contributed by atoms with van der Waals surface area (Å²) in [6.45, 7) is 2.87. The Kier molecular flexibility index (Phi) is 7.28. The molecule has 0 aliphatic carbocycles. The smallest absolute Gasteiger partial charge is 0.391 e. The van der Waals surface area contributed by atoms with Gasteiger partial charge in [-0.15, -0.1) is 0 Å². The minimum Gasteiger partial charge on any atom is -0.391 e. The molecule has 164 valence electrons. The molecule has 0 fully saturated rings. The number of nitrogens with two attached hydrogens (primary N) is 1. The van der Waals surface area contributed by atoms with Crippen LogP contribution in [-0.2, 0) is 11.0 Å². The van der Waals surface area contributed by atoms with Gasteiger partial charge in [0.2, 0.25) is 0 Å². The number of carbonyl (C=O) groups is 2. The van der Waals surface area contributed by atoms with Gasteiger partial charge >= 0.3 is 6.18 Å². The third kappa shape index (κ3) is 5.32. The van der Waals surface area contributed by atoms with E-state index in [2.05, 4.69) is 5.32 Å². The lowest BCUT2D eigenvalue weighted by Crippen LogP contribution is -2.53. The molecule has 0 radical (unpaired) electrons. The molecule has 0 aromatic heterocycles. The lowest BCUT2D eigenvalue weighted by atomic mass is 10.1. The number of carbonyl (C=O) groups excluding carboxylic acids is 2. The minimum atomic E-state index is -4.58. The first-order valence-electron chi connectivity index (χ1n) is 8.82. The maximum atomic E-state index is 12.7. The van der Waals surface area contributed by atoms with Crippen molar-refractivity contribution in [1.29, 1.82) is 5.26 Å². The van der Waals surface area contributed by atoms with E-state index in [-0.39, 0.29) is 21.2 Å². The summed E-state index contributed by atoms with van der Waals surface area (Å²) in [6.07, 6.45) is -5.89. The number of alkyl halides is 3. The number of rotatable bonds is 5. The van der Waals surface area contributed by atoms with Gasteiger partial charge in [-0.05, 0) is 55.8 Å². The number of halogens is 4. The molecule has 0 saturated heterocycles. The van der Waals surface area contributed by atoms with Crippen LogP contribution >= 0.6 is 11.6 Å². The molecule has 2 rings (SSSR count). The highest BCUT2D eigenvalue weighted by Crippen LogP contribution is 2.30. The summed E-state index contributed by atoms with van der Waals surface area (Å²) in [5.74, 6) is 3.53. The van der Waals surface area contributed by atoms with Crippen LogP contribution in [0.1, 0.15) is 34.0 Å². The summed E-state index contributed by atoms with van der Waals surface area (Å²) in [5, 5.41) is 22.2. The van der Waals surface area contributed by atoms with Crippen LogP contribution in [0.25, 0.3) is 0 Å². The van der Waals surface area contributed by atoms with Gasteiger partial charge in [0.15, 0.2) is 0 Å². The van der Waals surface area contributed by atoms with E-state index in [0.717, 1.165) is 12.1 Å². The van der Waals surface area contributed by atoms with Gasteiger partial charge in [-0.25, -0.2) is 10.9 Å². The maximum absolute atomic E-state index is 12.7. The van der Waals surface area contributed by atoms with Gasteiger partial charge in [-0.2, -0.15) is 18.4 Å². The summed E-state index contributed by atoms with van der Waals surface area (Å²) in [4.78, 5) is 25.2. The van der Waals surface area contributed by atoms with Crippen LogP contribution in [0.2, 0.25) is 5.02 Å². The molecule has 2 amide bonds. The molecular weight excluding hydrogens is 437 g/mol. The highest BCUT2D eigenvalue weighted by molar-refractivity contribution is 6.32. The first kappa shape index (κ1) is 24.1.